The molecule has 1 heterocycles. The maximum Gasteiger partial charge on any atom is 2.00 e. The molecule has 2 nitrogen and oxygen atoms in total. The molecule has 0 aromatic heterocycles. The van der Waals surface area contributed by atoms with Gasteiger partial charge >= 0.3 is 16.5 Å². The van der Waals surface area contributed by atoms with Gasteiger partial charge in [-0.3, -0.25) is 0 Å². The van der Waals surface area contributed by atoms with E-state index in [0.717, 1.165) is 105 Å². The molecule has 1 aliphatic rings. The summed E-state index contributed by atoms with van der Waals surface area (Å²) in [7, 11) is 0. The van der Waals surface area contributed by atoms with E-state index >= 15 is 0 Å². The monoisotopic (exact) mass is 1690 g/mol. The molecule has 0 saturated carbocycles. The first kappa shape index (κ1) is 116. The van der Waals surface area contributed by atoms with Crippen molar-refractivity contribution in [2.75, 3.05) is 0 Å². The van der Waals surface area contributed by atoms with Crippen molar-refractivity contribution in [1.29, 1.82) is 0 Å². The molecule has 0 N–H and O–H groups in total. The quantitative estimate of drug-likeness (QED) is 0.0207. The molecule has 2 aromatic rings. The van der Waals surface area contributed by atoms with Gasteiger partial charge in [0.2, 0.25) is 11.4 Å². The van der Waals surface area contributed by atoms with E-state index in [2.05, 4.69) is 129 Å². The summed E-state index contributed by atoms with van der Waals surface area (Å²) in [6.07, 6.45) is 117. The predicted molar refractivity (Wildman–Crippen MR) is 535 cm³/mol. The van der Waals surface area contributed by atoms with Crippen LogP contribution in [0.2, 0.25) is 0 Å². The molecule has 3 heteroatoms. The third-order valence-electron chi connectivity index (χ3n) is 25.6. The molecule has 119 heavy (non-hydrogen) atoms. The second-order valence-corrected chi connectivity index (χ2v) is 37.4. The first-order valence-electron chi connectivity index (χ1n) is 54.1. The Balaban J connectivity index is 0.00000477. The Bertz CT molecular complexity index is 2500. The van der Waals surface area contributed by atoms with Crippen molar-refractivity contribution in [2.24, 2.45) is 0 Å². The third kappa shape index (κ3) is 71.9. The molecular formula is C116H206N2Ni. The second kappa shape index (κ2) is 94.3. The number of nitrogens with zero attached hydrogens (tertiary/aromatic N) is 2. The number of aryl methyl sites for hydroxylation is 2. The van der Waals surface area contributed by atoms with Crippen molar-refractivity contribution >= 4 is 11.4 Å². The largest absolute Gasteiger partial charge is 2.00 e. The van der Waals surface area contributed by atoms with Crippen LogP contribution < -0.4 is 0 Å². The van der Waals surface area contributed by atoms with Gasteiger partial charge in [-0.05, 0) is 106 Å². The van der Waals surface area contributed by atoms with Gasteiger partial charge in [0.1, 0.15) is 0 Å². The number of rotatable bonds is 84. The number of hydrogen-bond acceptors (Lipinski definition) is 0. The van der Waals surface area contributed by atoms with Crippen molar-refractivity contribution in [3.63, 3.8) is 0 Å². The number of allylic oxidation sites excluding steroid dienone is 2. The minimum atomic E-state index is 0. The first-order chi connectivity index (χ1) is 58.3. The van der Waals surface area contributed by atoms with Crippen LogP contribution in [0.4, 0.5) is 0 Å². The predicted octanol–water partition coefficient (Wildman–Crippen LogP) is 41.2. The van der Waals surface area contributed by atoms with Crippen LogP contribution in [0.15, 0.2) is 47.5 Å². The van der Waals surface area contributed by atoms with E-state index < -0.39 is 0 Å². The van der Waals surface area contributed by atoms with E-state index in [1.807, 2.05) is 0 Å². The fraction of sp³-hybridized carbons (Fsp3) is 0.810. The van der Waals surface area contributed by atoms with Crippen LogP contribution in [0.1, 0.15) is 628 Å². The van der Waals surface area contributed by atoms with Gasteiger partial charge in [-0.2, -0.15) is 12.8 Å². The summed E-state index contributed by atoms with van der Waals surface area (Å²) in [6, 6.07) is 14.0. The summed E-state index contributed by atoms with van der Waals surface area (Å²) in [5.74, 6) is 14.6. The van der Waals surface area contributed by atoms with Gasteiger partial charge in [-0.15, -0.1) is 0 Å². The summed E-state index contributed by atoms with van der Waals surface area (Å²) < 4.78 is 1.62. The van der Waals surface area contributed by atoms with Crippen molar-refractivity contribution in [2.45, 2.75) is 608 Å². The van der Waals surface area contributed by atoms with Crippen molar-refractivity contribution < 1.29 is 21.2 Å². The molecule has 690 valence electrons. The van der Waals surface area contributed by atoms with E-state index in [4.69, 9.17) is 0 Å². The molecule has 3 rings (SSSR count). The summed E-state index contributed by atoms with van der Waals surface area (Å²) in [6.45, 7) is 26.1. The molecule has 0 bridgehead atoms. The van der Waals surface area contributed by atoms with Gasteiger partial charge in [0.25, 0.3) is 0 Å². The SMILES string of the molecule is CCCCCCCCCCCCCCCCCCCCCCCCCCCCC#Cc1cc(C#CCCCCCCCCCCCCCCCCCCCCCCCCCCCC)cc(C2=C(CCCC)C(CCCC)=C(c3cc(CCCC)cc(CCCC)c3)[N+]2=[N-])c1.[CH2-]CCCCCCCCCCC.[CH2-]CCCCCCCCCCC.[Ni+2]. The molecule has 0 atom stereocenters. The minimum Gasteiger partial charge on any atom is -0.493 e. The average Bonchev–Trinajstić information content (AvgIpc) is 1.60. The Morgan fingerprint density at radius 1 is 0.218 bits per heavy atom. The van der Waals surface area contributed by atoms with Crippen LogP contribution in [0, 0.1) is 37.5 Å². The summed E-state index contributed by atoms with van der Waals surface area (Å²) in [5, 5.41) is 0. The standard InChI is InChI=1S/C92H156N2.2C12H25.Ni/c1-7-13-19-21-23-25-27-29-31-33-35-37-39-41-43-45-47-49-51-53-55-57-59-61-63-65-67-69-73-85-78-86(74-70-68-66-64-62-60-58-56-54-52-50-48-46-44-42-40-38-36-34-32-30-28-26-24-22-20-14-8-2)82-88(81-85)92-90(76-18-12-6)89(75-17-11-5)91(94(92)93)87-79-83(71-15-9-3)77-84(80-87)72-16-10-4;2*1-3-5-7-9-11-12-10-8-6-4-2;/h77-82H,7-68,71-72,75-76H2,1-6H3;2*1,3-12H2,2H3;/q;2*-1;+2. The average molecular weight is 1690 g/mol. The van der Waals surface area contributed by atoms with Crippen LogP contribution in [0.5, 0.6) is 0 Å². The Hall–Kier alpha value is -2.87. The zero-order chi connectivity index (χ0) is 85.2. The maximum absolute atomic E-state index is 12.8. The number of unbranched alkanes of at least 4 members (excludes halogenated alkanes) is 74. The van der Waals surface area contributed by atoms with Crippen LogP contribution in [0.25, 0.3) is 16.9 Å². The van der Waals surface area contributed by atoms with Gasteiger partial charge in [0.15, 0.2) is 0 Å². The fourth-order valence-electron chi connectivity index (χ4n) is 17.7. The third-order valence-corrected chi connectivity index (χ3v) is 25.6. The molecule has 1 aliphatic heterocycles. The van der Waals surface area contributed by atoms with Gasteiger partial charge in [0.05, 0.1) is 0 Å². The normalized spacial score (nSPS) is 11.9. The summed E-state index contributed by atoms with van der Waals surface area (Å²) in [5.41, 5.74) is 24.6. The molecular weight excluding hydrogens is 1480 g/mol. The second-order valence-electron chi connectivity index (χ2n) is 37.4. The van der Waals surface area contributed by atoms with Gasteiger partial charge < -0.3 is 19.4 Å². The molecule has 0 aliphatic carbocycles. The number of benzene rings is 2. The van der Waals surface area contributed by atoms with E-state index in [1.54, 1.807) is 4.70 Å². The van der Waals surface area contributed by atoms with Crippen LogP contribution in [-0.4, -0.2) is 4.70 Å². The number of hydrogen-bond donors (Lipinski definition) is 0. The Kier molecular flexibility index (Phi) is 92.0. The maximum atomic E-state index is 12.8. The smallest absolute Gasteiger partial charge is 0.493 e. The fourth-order valence-corrected chi connectivity index (χ4v) is 17.7. The Labute approximate surface area is 759 Å². The topological polar surface area (TPSA) is 25.3 Å². The summed E-state index contributed by atoms with van der Waals surface area (Å²) in [4.78, 5) is 0. The minimum absolute atomic E-state index is 0. The molecule has 0 fully saturated rings. The van der Waals surface area contributed by atoms with Gasteiger partial charge in [-0.25, -0.2) is 4.70 Å². The molecule has 0 saturated heterocycles. The first-order valence-corrected chi connectivity index (χ1v) is 54.1. The van der Waals surface area contributed by atoms with E-state index in [1.165, 1.54) is 503 Å². The zero-order valence-electron chi connectivity index (χ0n) is 81.9. The van der Waals surface area contributed by atoms with Gasteiger partial charge in [-0.1, -0.05) is 547 Å². The van der Waals surface area contributed by atoms with E-state index in [0.29, 0.717) is 0 Å². The van der Waals surface area contributed by atoms with Crippen molar-refractivity contribution in [3.8, 4) is 23.7 Å². The van der Waals surface area contributed by atoms with Crippen LogP contribution in [-0.2, 0) is 29.3 Å². The van der Waals surface area contributed by atoms with Gasteiger partial charge in [0, 0.05) is 46.2 Å². The van der Waals surface area contributed by atoms with Crippen LogP contribution >= 0.6 is 0 Å². The van der Waals surface area contributed by atoms with Crippen LogP contribution in [0.3, 0.4) is 0 Å². The van der Waals surface area contributed by atoms with Crippen molar-refractivity contribution in [1.82, 2.24) is 0 Å². The molecule has 0 unspecified atom stereocenters. The molecule has 0 amide bonds. The summed E-state index contributed by atoms with van der Waals surface area (Å²) >= 11 is 0. The molecule has 0 radical (unpaired) electrons. The molecule has 2 aromatic carbocycles. The Morgan fingerprint density at radius 2 is 0.403 bits per heavy atom. The Morgan fingerprint density at radius 3 is 0.613 bits per heavy atom. The van der Waals surface area contributed by atoms with E-state index in [9.17, 15) is 5.53 Å². The zero-order valence-corrected chi connectivity index (χ0v) is 82.9. The molecule has 0 spiro atoms. The van der Waals surface area contributed by atoms with Crippen molar-refractivity contribution in [3.05, 3.63) is 100 Å². The van der Waals surface area contributed by atoms with E-state index in [-0.39, 0.29) is 16.5 Å².